The van der Waals surface area contributed by atoms with E-state index in [4.69, 9.17) is 4.74 Å². The quantitative estimate of drug-likeness (QED) is 0.766. The van der Waals surface area contributed by atoms with Crippen LogP contribution in [0.1, 0.15) is 33.3 Å². The molecule has 4 amide bonds. The fraction of sp³-hybridized carbons (Fsp3) is 0.500. The predicted molar refractivity (Wildman–Crippen MR) is 93.0 cm³/mol. The molecule has 7 nitrogen and oxygen atoms in total. The molecule has 0 bridgehead atoms. The Kier molecular flexibility index (Phi) is 5.35. The van der Waals surface area contributed by atoms with Crippen LogP contribution in [0, 0.1) is 5.92 Å². The van der Waals surface area contributed by atoms with Crippen molar-refractivity contribution in [2.75, 3.05) is 13.7 Å². The summed E-state index contributed by atoms with van der Waals surface area (Å²) >= 11 is 0. The Hall–Kier alpha value is -2.57. The second-order valence-electron chi connectivity index (χ2n) is 6.78. The first-order valence-electron chi connectivity index (χ1n) is 8.27. The molecule has 1 fully saturated rings. The van der Waals surface area contributed by atoms with E-state index in [9.17, 15) is 14.4 Å². The van der Waals surface area contributed by atoms with Crippen molar-refractivity contribution in [2.45, 2.75) is 39.3 Å². The van der Waals surface area contributed by atoms with Gasteiger partial charge in [-0.1, -0.05) is 26.0 Å². The van der Waals surface area contributed by atoms with Crippen molar-refractivity contribution >= 4 is 17.8 Å². The molecule has 1 aliphatic rings. The van der Waals surface area contributed by atoms with Gasteiger partial charge in [0.25, 0.3) is 5.91 Å². The van der Waals surface area contributed by atoms with E-state index in [2.05, 4.69) is 10.6 Å². The zero-order valence-corrected chi connectivity index (χ0v) is 15.3. The summed E-state index contributed by atoms with van der Waals surface area (Å²) in [5, 5.41) is 5.48. The number of hydrogen-bond acceptors (Lipinski definition) is 4. The minimum atomic E-state index is -1.20. The van der Waals surface area contributed by atoms with Gasteiger partial charge in [-0.2, -0.15) is 0 Å². The number of hydrogen-bond donors (Lipinski definition) is 2. The van der Waals surface area contributed by atoms with Crippen LogP contribution in [-0.2, 0) is 15.1 Å². The molecule has 2 atom stereocenters. The van der Waals surface area contributed by atoms with Crippen molar-refractivity contribution in [1.29, 1.82) is 0 Å². The standard InChI is InChI=1S/C18H25N3O4/c1-11(2)12(3)19-15(22)10-21-16(23)18(4,20-17(21)24)13-6-8-14(25-5)9-7-13/h6-9,11-12H,10H2,1-5H3,(H,19,22)(H,20,24)/t12-,18-/m0/s1. The van der Waals surface area contributed by atoms with E-state index in [0.717, 1.165) is 4.90 Å². The predicted octanol–water partition coefficient (Wildman–Crippen LogP) is 1.62. The number of rotatable bonds is 6. The van der Waals surface area contributed by atoms with Gasteiger partial charge in [-0.25, -0.2) is 4.79 Å². The molecule has 0 aliphatic carbocycles. The lowest BCUT2D eigenvalue weighted by molar-refractivity contribution is -0.135. The Morgan fingerprint density at radius 2 is 1.84 bits per heavy atom. The van der Waals surface area contributed by atoms with E-state index in [1.54, 1.807) is 38.3 Å². The Labute approximate surface area is 147 Å². The van der Waals surface area contributed by atoms with Crippen molar-refractivity contribution in [3.63, 3.8) is 0 Å². The van der Waals surface area contributed by atoms with Crippen LogP contribution in [0.2, 0.25) is 0 Å². The maximum Gasteiger partial charge on any atom is 0.325 e. The Balaban J connectivity index is 2.14. The van der Waals surface area contributed by atoms with Crippen LogP contribution in [0.3, 0.4) is 0 Å². The molecule has 0 spiro atoms. The lowest BCUT2D eigenvalue weighted by Gasteiger charge is -2.23. The fourth-order valence-corrected chi connectivity index (χ4v) is 2.57. The number of urea groups is 1. The normalized spacial score (nSPS) is 21.3. The summed E-state index contributed by atoms with van der Waals surface area (Å²) in [5.41, 5.74) is -0.571. The average Bonchev–Trinajstić information content (AvgIpc) is 2.79. The van der Waals surface area contributed by atoms with E-state index in [0.29, 0.717) is 11.3 Å². The van der Waals surface area contributed by atoms with Crippen LogP contribution in [0.15, 0.2) is 24.3 Å². The molecule has 0 radical (unpaired) electrons. The third kappa shape index (κ3) is 3.75. The summed E-state index contributed by atoms with van der Waals surface area (Å²) in [6, 6.07) is 6.28. The van der Waals surface area contributed by atoms with E-state index in [1.165, 1.54) is 0 Å². The fourth-order valence-electron chi connectivity index (χ4n) is 2.57. The van der Waals surface area contributed by atoms with Gasteiger partial charge in [-0.15, -0.1) is 0 Å². The van der Waals surface area contributed by atoms with Crippen molar-refractivity contribution in [2.24, 2.45) is 5.92 Å². The Morgan fingerprint density at radius 3 is 2.36 bits per heavy atom. The number of imide groups is 1. The molecule has 1 aliphatic heterocycles. The summed E-state index contributed by atoms with van der Waals surface area (Å²) in [4.78, 5) is 38.1. The second kappa shape index (κ2) is 7.13. The number of nitrogens with one attached hydrogen (secondary N) is 2. The summed E-state index contributed by atoms with van der Waals surface area (Å²) in [6.45, 7) is 7.19. The number of methoxy groups -OCH3 is 1. The molecule has 0 aromatic heterocycles. The molecule has 25 heavy (non-hydrogen) atoms. The lowest BCUT2D eigenvalue weighted by Crippen LogP contribution is -2.45. The van der Waals surface area contributed by atoms with Crippen LogP contribution in [0.4, 0.5) is 4.79 Å². The van der Waals surface area contributed by atoms with E-state index < -0.39 is 17.5 Å². The number of carbonyl (C=O) groups is 3. The number of ether oxygens (including phenoxy) is 1. The highest BCUT2D eigenvalue weighted by Crippen LogP contribution is 2.29. The van der Waals surface area contributed by atoms with Crippen LogP contribution >= 0.6 is 0 Å². The van der Waals surface area contributed by atoms with Gasteiger partial charge in [0.05, 0.1) is 7.11 Å². The minimum absolute atomic E-state index is 0.0405. The zero-order chi connectivity index (χ0) is 18.8. The van der Waals surface area contributed by atoms with Crippen molar-refractivity contribution < 1.29 is 19.1 Å². The van der Waals surface area contributed by atoms with Crippen LogP contribution < -0.4 is 15.4 Å². The largest absolute Gasteiger partial charge is 0.497 e. The number of amides is 4. The molecule has 7 heteroatoms. The summed E-state index contributed by atoms with van der Waals surface area (Å²) in [6.07, 6.45) is 0. The van der Waals surface area contributed by atoms with Gasteiger partial charge in [0.2, 0.25) is 5.91 Å². The number of nitrogens with zero attached hydrogens (tertiary/aromatic N) is 1. The molecule has 0 unspecified atom stereocenters. The van der Waals surface area contributed by atoms with E-state index in [1.807, 2.05) is 20.8 Å². The second-order valence-corrected chi connectivity index (χ2v) is 6.78. The maximum absolute atomic E-state index is 12.8. The molecule has 1 heterocycles. The van der Waals surface area contributed by atoms with Crippen LogP contribution in [0.5, 0.6) is 5.75 Å². The van der Waals surface area contributed by atoms with E-state index in [-0.39, 0.29) is 24.4 Å². The molecule has 2 N–H and O–H groups in total. The van der Waals surface area contributed by atoms with E-state index >= 15 is 0 Å². The first kappa shape index (κ1) is 18.8. The minimum Gasteiger partial charge on any atom is -0.497 e. The maximum atomic E-state index is 12.8. The number of benzene rings is 1. The molecule has 2 rings (SSSR count). The lowest BCUT2D eigenvalue weighted by atomic mass is 9.92. The van der Waals surface area contributed by atoms with Gasteiger partial charge in [0.1, 0.15) is 17.8 Å². The highest BCUT2D eigenvalue weighted by Gasteiger charge is 2.49. The van der Waals surface area contributed by atoms with Crippen LogP contribution in [-0.4, -0.2) is 42.4 Å². The molecule has 1 aromatic rings. The Bertz CT molecular complexity index is 671. The highest BCUT2D eigenvalue weighted by molar-refractivity contribution is 6.09. The van der Waals surface area contributed by atoms with Gasteiger partial charge in [0.15, 0.2) is 0 Å². The summed E-state index contributed by atoms with van der Waals surface area (Å²) in [5.74, 6) is 0.110. The third-order valence-electron chi connectivity index (χ3n) is 4.63. The topological polar surface area (TPSA) is 87.7 Å². The summed E-state index contributed by atoms with van der Waals surface area (Å²) < 4.78 is 5.11. The van der Waals surface area contributed by atoms with Gasteiger partial charge in [-0.3, -0.25) is 14.5 Å². The monoisotopic (exact) mass is 347 g/mol. The van der Waals surface area contributed by atoms with Crippen molar-refractivity contribution in [3.05, 3.63) is 29.8 Å². The number of carbonyl (C=O) groups excluding carboxylic acids is 3. The molecular formula is C18H25N3O4. The molecule has 0 saturated carbocycles. The highest BCUT2D eigenvalue weighted by atomic mass is 16.5. The van der Waals surface area contributed by atoms with Gasteiger partial charge in [0, 0.05) is 6.04 Å². The van der Waals surface area contributed by atoms with Gasteiger partial charge in [-0.05, 0) is 37.5 Å². The Morgan fingerprint density at radius 1 is 1.24 bits per heavy atom. The molecule has 1 aromatic carbocycles. The zero-order valence-electron chi connectivity index (χ0n) is 15.3. The summed E-state index contributed by atoms with van der Waals surface area (Å²) in [7, 11) is 1.55. The van der Waals surface area contributed by atoms with Crippen molar-refractivity contribution in [1.82, 2.24) is 15.5 Å². The van der Waals surface area contributed by atoms with Crippen LogP contribution in [0.25, 0.3) is 0 Å². The first-order valence-corrected chi connectivity index (χ1v) is 8.27. The van der Waals surface area contributed by atoms with Gasteiger partial charge >= 0.3 is 6.03 Å². The average molecular weight is 347 g/mol. The molecule has 1 saturated heterocycles. The first-order chi connectivity index (χ1) is 11.7. The third-order valence-corrected chi connectivity index (χ3v) is 4.63. The smallest absolute Gasteiger partial charge is 0.325 e. The molecular weight excluding hydrogens is 322 g/mol. The molecule has 136 valence electrons. The SMILES string of the molecule is COc1ccc([C@]2(C)NC(=O)N(CC(=O)N[C@@H](C)C(C)C)C2=O)cc1. The van der Waals surface area contributed by atoms with Crippen molar-refractivity contribution in [3.8, 4) is 5.75 Å². The van der Waals surface area contributed by atoms with Gasteiger partial charge < -0.3 is 15.4 Å².